The number of nitrogens with one attached hydrogen (secondary N) is 1. The second-order valence-electron chi connectivity index (χ2n) is 4.82. The van der Waals surface area contributed by atoms with Gasteiger partial charge < -0.3 is 15.3 Å². The molecular formula is C14H20N2O2. The summed E-state index contributed by atoms with van der Waals surface area (Å²) in [4.78, 5) is 14.3. The first-order valence-electron chi connectivity index (χ1n) is 6.38. The maximum Gasteiger partial charge on any atom is 0.244 e. The van der Waals surface area contributed by atoms with E-state index < -0.39 is 0 Å². The van der Waals surface area contributed by atoms with Crippen LogP contribution in [0.4, 0.5) is 5.69 Å². The molecule has 0 saturated carbocycles. The van der Waals surface area contributed by atoms with Crippen molar-refractivity contribution in [3.63, 3.8) is 0 Å². The van der Waals surface area contributed by atoms with Crippen molar-refractivity contribution in [3.8, 4) is 0 Å². The minimum Gasteiger partial charge on any atom is -0.396 e. The first-order valence-corrected chi connectivity index (χ1v) is 6.38. The highest BCUT2D eigenvalue weighted by Crippen LogP contribution is 2.24. The van der Waals surface area contributed by atoms with Gasteiger partial charge in [0.2, 0.25) is 5.91 Å². The lowest BCUT2D eigenvalue weighted by molar-refractivity contribution is -0.122. The number of aliphatic hydroxyl groups excluding tert-OH is 1. The standard InChI is InChI=1S/C14H20N2O2/c1-10-5-3-4-6-13(10)16-11(2)9-15-12(7-8-17)14(16)18/h3-6,11-12,15,17H,7-9H2,1-2H3. The van der Waals surface area contributed by atoms with E-state index in [1.807, 2.05) is 43.0 Å². The van der Waals surface area contributed by atoms with Crippen LogP contribution in [0.15, 0.2) is 24.3 Å². The third-order valence-electron chi connectivity index (χ3n) is 3.43. The Morgan fingerprint density at radius 1 is 1.44 bits per heavy atom. The average Bonchev–Trinajstić information content (AvgIpc) is 2.35. The van der Waals surface area contributed by atoms with Crippen molar-refractivity contribution in [3.05, 3.63) is 29.8 Å². The fourth-order valence-corrected chi connectivity index (χ4v) is 2.42. The Bertz CT molecular complexity index is 434. The Hall–Kier alpha value is -1.39. The number of hydrogen-bond acceptors (Lipinski definition) is 3. The predicted octanol–water partition coefficient (Wildman–Crippen LogP) is 1.07. The van der Waals surface area contributed by atoms with Gasteiger partial charge in [-0.05, 0) is 31.9 Å². The van der Waals surface area contributed by atoms with Gasteiger partial charge in [-0.25, -0.2) is 0 Å². The molecule has 4 heteroatoms. The van der Waals surface area contributed by atoms with Crippen LogP contribution >= 0.6 is 0 Å². The number of amides is 1. The predicted molar refractivity (Wildman–Crippen MR) is 71.6 cm³/mol. The van der Waals surface area contributed by atoms with Crippen LogP contribution in [0.3, 0.4) is 0 Å². The molecule has 2 atom stereocenters. The maximum atomic E-state index is 12.4. The van der Waals surface area contributed by atoms with Crippen LogP contribution in [0.5, 0.6) is 0 Å². The van der Waals surface area contributed by atoms with Crippen LogP contribution in [0, 0.1) is 6.92 Å². The first kappa shape index (κ1) is 13.1. The summed E-state index contributed by atoms with van der Waals surface area (Å²) in [6.07, 6.45) is 0.466. The highest BCUT2D eigenvalue weighted by molar-refractivity contribution is 5.99. The summed E-state index contributed by atoms with van der Waals surface area (Å²) in [6.45, 7) is 4.83. The molecule has 0 radical (unpaired) electrons. The second-order valence-corrected chi connectivity index (χ2v) is 4.82. The van der Waals surface area contributed by atoms with Gasteiger partial charge in [0.1, 0.15) is 0 Å². The molecule has 2 rings (SSSR count). The molecule has 1 amide bonds. The second kappa shape index (κ2) is 5.50. The van der Waals surface area contributed by atoms with Gasteiger partial charge in [-0.3, -0.25) is 4.79 Å². The minimum absolute atomic E-state index is 0.0272. The summed E-state index contributed by atoms with van der Waals surface area (Å²) in [6, 6.07) is 7.77. The number of hydrogen-bond donors (Lipinski definition) is 2. The van der Waals surface area contributed by atoms with E-state index in [-0.39, 0.29) is 24.6 Å². The lowest BCUT2D eigenvalue weighted by Crippen LogP contribution is -2.60. The number of benzene rings is 1. The van der Waals surface area contributed by atoms with Crippen LogP contribution in [0.25, 0.3) is 0 Å². The van der Waals surface area contributed by atoms with Gasteiger partial charge in [0.05, 0.1) is 6.04 Å². The molecule has 1 aromatic rings. The summed E-state index contributed by atoms with van der Waals surface area (Å²) in [5, 5.41) is 12.2. The molecule has 1 aromatic carbocycles. The topological polar surface area (TPSA) is 52.6 Å². The highest BCUT2D eigenvalue weighted by atomic mass is 16.3. The summed E-state index contributed by atoms with van der Waals surface area (Å²) in [5.74, 6) is 0.0529. The number of rotatable bonds is 3. The van der Waals surface area contributed by atoms with Crippen molar-refractivity contribution >= 4 is 11.6 Å². The fraction of sp³-hybridized carbons (Fsp3) is 0.500. The van der Waals surface area contributed by atoms with Gasteiger partial charge in [0.15, 0.2) is 0 Å². The van der Waals surface area contributed by atoms with Gasteiger partial charge in [-0.15, -0.1) is 0 Å². The molecule has 1 aliphatic rings. The van der Waals surface area contributed by atoms with Gasteiger partial charge in [-0.1, -0.05) is 18.2 Å². The van der Waals surface area contributed by atoms with Crippen molar-refractivity contribution in [1.82, 2.24) is 5.32 Å². The lowest BCUT2D eigenvalue weighted by Gasteiger charge is -2.39. The number of piperazine rings is 1. The summed E-state index contributed by atoms with van der Waals surface area (Å²) in [5.41, 5.74) is 2.07. The number of carbonyl (C=O) groups excluding carboxylic acids is 1. The van der Waals surface area contributed by atoms with Gasteiger partial charge in [-0.2, -0.15) is 0 Å². The average molecular weight is 248 g/mol. The monoisotopic (exact) mass is 248 g/mol. The fourth-order valence-electron chi connectivity index (χ4n) is 2.42. The summed E-state index contributed by atoms with van der Waals surface area (Å²) in [7, 11) is 0. The van der Waals surface area contributed by atoms with E-state index >= 15 is 0 Å². The molecule has 2 unspecified atom stereocenters. The molecular weight excluding hydrogens is 228 g/mol. The number of aryl methyl sites for hydroxylation is 1. The molecule has 1 heterocycles. The van der Waals surface area contributed by atoms with Crippen molar-refractivity contribution in [2.24, 2.45) is 0 Å². The van der Waals surface area contributed by atoms with Crippen LogP contribution in [0.2, 0.25) is 0 Å². The minimum atomic E-state index is -0.272. The molecule has 0 bridgehead atoms. The van der Waals surface area contributed by atoms with Gasteiger partial charge in [0, 0.05) is 24.9 Å². The summed E-state index contributed by atoms with van der Waals surface area (Å²) < 4.78 is 0. The Morgan fingerprint density at radius 2 is 2.17 bits per heavy atom. The van der Waals surface area contributed by atoms with Crippen molar-refractivity contribution in [2.75, 3.05) is 18.1 Å². The van der Waals surface area contributed by atoms with E-state index in [0.717, 1.165) is 17.8 Å². The Balaban J connectivity index is 2.29. The lowest BCUT2D eigenvalue weighted by atomic mass is 10.0. The maximum absolute atomic E-state index is 12.4. The number of carbonyl (C=O) groups is 1. The van der Waals surface area contributed by atoms with E-state index in [0.29, 0.717) is 6.42 Å². The largest absolute Gasteiger partial charge is 0.396 e. The molecule has 1 fully saturated rings. The van der Waals surface area contributed by atoms with Gasteiger partial charge in [0.25, 0.3) is 0 Å². The first-order chi connectivity index (χ1) is 8.65. The van der Waals surface area contributed by atoms with Crippen LogP contribution in [-0.2, 0) is 4.79 Å². The molecule has 0 aromatic heterocycles. The molecule has 1 saturated heterocycles. The zero-order chi connectivity index (χ0) is 13.1. The van der Waals surface area contributed by atoms with E-state index in [9.17, 15) is 4.79 Å². The highest BCUT2D eigenvalue weighted by Gasteiger charge is 2.33. The number of para-hydroxylation sites is 1. The Morgan fingerprint density at radius 3 is 2.83 bits per heavy atom. The summed E-state index contributed by atoms with van der Waals surface area (Å²) >= 11 is 0. The number of nitrogens with zero attached hydrogens (tertiary/aromatic N) is 1. The van der Waals surface area contributed by atoms with Crippen molar-refractivity contribution in [1.29, 1.82) is 0 Å². The van der Waals surface area contributed by atoms with Crippen LogP contribution in [0.1, 0.15) is 18.9 Å². The molecule has 98 valence electrons. The molecule has 1 aliphatic heterocycles. The zero-order valence-corrected chi connectivity index (χ0v) is 10.9. The molecule has 4 nitrogen and oxygen atoms in total. The van der Waals surface area contributed by atoms with Gasteiger partial charge >= 0.3 is 0 Å². The van der Waals surface area contributed by atoms with E-state index in [2.05, 4.69) is 5.32 Å². The van der Waals surface area contributed by atoms with Crippen LogP contribution in [-0.4, -0.2) is 36.2 Å². The van der Waals surface area contributed by atoms with Crippen LogP contribution < -0.4 is 10.2 Å². The third kappa shape index (κ3) is 2.40. The Labute approximate surface area is 108 Å². The van der Waals surface area contributed by atoms with Crippen molar-refractivity contribution < 1.29 is 9.90 Å². The number of aliphatic hydroxyl groups is 1. The quantitative estimate of drug-likeness (QED) is 0.841. The molecule has 18 heavy (non-hydrogen) atoms. The zero-order valence-electron chi connectivity index (χ0n) is 10.9. The molecule has 2 N–H and O–H groups in total. The van der Waals surface area contributed by atoms with Crippen molar-refractivity contribution in [2.45, 2.75) is 32.4 Å². The molecule has 0 aliphatic carbocycles. The molecule has 0 spiro atoms. The normalized spacial score (nSPS) is 24.4. The SMILES string of the molecule is Cc1ccccc1N1C(=O)C(CCO)NCC1C. The number of anilines is 1. The Kier molecular flexibility index (Phi) is 3.99. The van der Waals surface area contributed by atoms with E-state index in [4.69, 9.17) is 5.11 Å². The van der Waals surface area contributed by atoms with E-state index in [1.165, 1.54) is 0 Å². The smallest absolute Gasteiger partial charge is 0.244 e. The van der Waals surface area contributed by atoms with E-state index in [1.54, 1.807) is 0 Å². The third-order valence-corrected chi connectivity index (χ3v) is 3.43.